The molecule has 0 unspecified atom stereocenters. The third kappa shape index (κ3) is 5.49. The van der Waals surface area contributed by atoms with E-state index in [-0.39, 0.29) is 12.0 Å². The summed E-state index contributed by atoms with van der Waals surface area (Å²) in [4.78, 5) is 21.4. The van der Waals surface area contributed by atoms with Crippen molar-refractivity contribution in [2.24, 2.45) is 5.92 Å². The Balaban J connectivity index is 1.92. The lowest BCUT2D eigenvalue weighted by Gasteiger charge is -2.32. The highest BCUT2D eigenvalue weighted by Crippen LogP contribution is 2.20. The van der Waals surface area contributed by atoms with Gasteiger partial charge in [-0.15, -0.1) is 6.58 Å². The summed E-state index contributed by atoms with van der Waals surface area (Å²) in [5.74, 6) is 0.0307. The number of ether oxygens (including phenoxy) is 2. The van der Waals surface area contributed by atoms with Gasteiger partial charge >= 0.3 is 5.97 Å². The van der Waals surface area contributed by atoms with Crippen LogP contribution in [-0.4, -0.2) is 58.8 Å². The lowest BCUT2D eigenvalue weighted by molar-refractivity contribution is -0.143. The number of carboxylic acids is 1. The van der Waals surface area contributed by atoms with Crippen LogP contribution in [-0.2, 0) is 4.79 Å². The summed E-state index contributed by atoms with van der Waals surface area (Å²) in [6.07, 6.45) is 6.29. The molecule has 24 heavy (non-hydrogen) atoms. The van der Waals surface area contributed by atoms with Crippen LogP contribution in [0.3, 0.4) is 0 Å². The van der Waals surface area contributed by atoms with E-state index in [0.717, 1.165) is 32.5 Å². The van der Waals surface area contributed by atoms with Gasteiger partial charge in [-0.25, -0.2) is 9.97 Å². The molecular weight excluding hydrogens is 310 g/mol. The number of aliphatic carboxylic acids is 1. The van der Waals surface area contributed by atoms with E-state index in [4.69, 9.17) is 14.6 Å². The molecule has 1 aliphatic heterocycles. The second kappa shape index (κ2) is 9.22. The number of hydrogen-bond acceptors (Lipinski definition) is 6. The maximum atomic E-state index is 11.0. The van der Waals surface area contributed by atoms with Crippen molar-refractivity contribution >= 4 is 5.97 Å². The Morgan fingerprint density at radius 3 is 2.79 bits per heavy atom. The van der Waals surface area contributed by atoms with E-state index >= 15 is 0 Å². The molecule has 7 heteroatoms. The van der Waals surface area contributed by atoms with Crippen LogP contribution in [0, 0.1) is 5.92 Å². The largest absolute Gasteiger partial charge is 0.481 e. The van der Waals surface area contributed by atoms with Gasteiger partial charge in [0.15, 0.2) is 0 Å². The fraction of sp³-hybridized carbons (Fsp3) is 0.588. The molecule has 1 fully saturated rings. The number of allylic oxidation sites excluding steroid dienone is 1. The van der Waals surface area contributed by atoms with E-state index in [9.17, 15) is 4.79 Å². The molecule has 1 aliphatic rings. The first-order valence-corrected chi connectivity index (χ1v) is 8.21. The predicted molar refractivity (Wildman–Crippen MR) is 89.2 cm³/mol. The summed E-state index contributed by atoms with van der Waals surface area (Å²) in [5, 5.41) is 9.09. The molecule has 0 spiro atoms. The molecule has 2 rings (SSSR count). The van der Waals surface area contributed by atoms with Crippen LogP contribution in [0.2, 0.25) is 0 Å². The van der Waals surface area contributed by atoms with Gasteiger partial charge in [0.2, 0.25) is 11.8 Å². The summed E-state index contributed by atoms with van der Waals surface area (Å²) in [6.45, 7) is 6.06. The average Bonchev–Trinajstić information content (AvgIpc) is 2.60. The molecule has 0 radical (unpaired) electrons. The van der Waals surface area contributed by atoms with Gasteiger partial charge in [0.1, 0.15) is 12.4 Å². The SMILES string of the molecule is C=CCC[C@H](CN1CCC(C(=O)O)CC1)Oc1cc(OC)ncn1. The minimum absolute atomic E-state index is 0.0380. The van der Waals surface area contributed by atoms with Crippen LogP contribution in [0.4, 0.5) is 0 Å². The number of nitrogens with zero attached hydrogens (tertiary/aromatic N) is 3. The molecule has 0 amide bonds. The topological polar surface area (TPSA) is 84.8 Å². The Kier molecular flexibility index (Phi) is 6.99. The molecule has 0 bridgehead atoms. The molecular formula is C17H25N3O4. The van der Waals surface area contributed by atoms with Crippen LogP contribution in [0.1, 0.15) is 25.7 Å². The Hall–Kier alpha value is -2.15. The summed E-state index contributed by atoms with van der Waals surface area (Å²) in [6, 6.07) is 1.66. The highest BCUT2D eigenvalue weighted by Gasteiger charge is 2.26. The maximum absolute atomic E-state index is 11.0. The van der Waals surface area contributed by atoms with Gasteiger partial charge in [-0.3, -0.25) is 9.69 Å². The molecule has 1 saturated heterocycles. The number of aromatic nitrogens is 2. The van der Waals surface area contributed by atoms with Crippen molar-refractivity contribution in [1.82, 2.24) is 14.9 Å². The smallest absolute Gasteiger partial charge is 0.306 e. The van der Waals surface area contributed by atoms with E-state index in [1.807, 2.05) is 6.08 Å². The van der Waals surface area contributed by atoms with Crippen LogP contribution in [0.5, 0.6) is 11.8 Å². The van der Waals surface area contributed by atoms with E-state index in [1.54, 1.807) is 13.2 Å². The first-order chi connectivity index (χ1) is 11.6. The van der Waals surface area contributed by atoms with E-state index in [2.05, 4.69) is 21.4 Å². The number of rotatable bonds is 9. The normalized spacial score (nSPS) is 17.2. The van der Waals surface area contributed by atoms with Gasteiger partial charge in [0, 0.05) is 6.54 Å². The third-order valence-electron chi connectivity index (χ3n) is 4.20. The van der Waals surface area contributed by atoms with Crippen molar-refractivity contribution in [3.63, 3.8) is 0 Å². The second-order valence-corrected chi connectivity index (χ2v) is 5.92. The highest BCUT2D eigenvalue weighted by atomic mass is 16.5. The Morgan fingerprint density at radius 1 is 1.46 bits per heavy atom. The Morgan fingerprint density at radius 2 is 2.17 bits per heavy atom. The molecule has 1 N–H and O–H groups in total. The second-order valence-electron chi connectivity index (χ2n) is 5.92. The fourth-order valence-corrected chi connectivity index (χ4v) is 2.81. The Bertz CT molecular complexity index is 544. The van der Waals surface area contributed by atoms with E-state index in [0.29, 0.717) is 24.6 Å². The molecule has 2 heterocycles. The molecule has 7 nitrogen and oxygen atoms in total. The number of methoxy groups -OCH3 is 1. The first kappa shape index (κ1) is 18.2. The number of hydrogen-bond donors (Lipinski definition) is 1. The molecule has 1 aromatic heterocycles. The summed E-state index contributed by atoms with van der Waals surface area (Å²) >= 11 is 0. The van der Waals surface area contributed by atoms with Crippen molar-refractivity contribution in [3.05, 3.63) is 25.0 Å². The van der Waals surface area contributed by atoms with Gasteiger partial charge in [0.25, 0.3) is 0 Å². The highest BCUT2D eigenvalue weighted by molar-refractivity contribution is 5.70. The summed E-state index contributed by atoms with van der Waals surface area (Å²) < 4.78 is 11.1. The zero-order chi connectivity index (χ0) is 17.4. The molecule has 1 aromatic rings. The van der Waals surface area contributed by atoms with Gasteiger partial charge in [0.05, 0.1) is 19.1 Å². The predicted octanol–water partition coefficient (Wildman–Crippen LogP) is 2.00. The zero-order valence-corrected chi connectivity index (χ0v) is 14.1. The van der Waals surface area contributed by atoms with Crippen molar-refractivity contribution in [2.75, 3.05) is 26.7 Å². The van der Waals surface area contributed by atoms with Crippen LogP contribution >= 0.6 is 0 Å². The Labute approximate surface area is 142 Å². The van der Waals surface area contributed by atoms with Crippen LogP contribution < -0.4 is 9.47 Å². The van der Waals surface area contributed by atoms with Crippen molar-refractivity contribution in [2.45, 2.75) is 31.8 Å². The third-order valence-corrected chi connectivity index (χ3v) is 4.20. The number of carbonyl (C=O) groups is 1. The number of likely N-dealkylation sites (tertiary alicyclic amines) is 1. The summed E-state index contributed by atoms with van der Waals surface area (Å²) in [5.41, 5.74) is 0. The quantitative estimate of drug-likeness (QED) is 0.691. The van der Waals surface area contributed by atoms with Gasteiger partial charge in [-0.2, -0.15) is 0 Å². The fourth-order valence-electron chi connectivity index (χ4n) is 2.81. The average molecular weight is 335 g/mol. The van der Waals surface area contributed by atoms with E-state index < -0.39 is 5.97 Å². The zero-order valence-electron chi connectivity index (χ0n) is 14.1. The molecule has 132 valence electrons. The number of carboxylic acid groups (broad SMARTS) is 1. The minimum Gasteiger partial charge on any atom is -0.481 e. The monoisotopic (exact) mass is 335 g/mol. The standard InChI is InChI=1S/C17H25N3O4/c1-3-4-5-14(24-16-10-15(23-2)18-12-19-16)11-20-8-6-13(7-9-20)17(21)22/h3,10,12-14H,1,4-9,11H2,2H3,(H,21,22)/t14-/m1/s1. The van der Waals surface area contributed by atoms with E-state index in [1.165, 1.54) is 6.33 Å². The van der Waals surface area contributed by atoms with Crippen molar-refractivity contribution in [3.8, 4) is 11.8 Å². The molecule has 0 saturated carbocycles. The molecule has 1 atom stereocenters. The van der Waals surface area contributed by atoms with Crippen molar-refractivity contribution in [1.29, 1.82) is 0 Å². The van der Waals surface area contributed by atoms with Gasteiger partial charge < -0.3 is 14.6 Å². The van der Waals surface area contributed by atoms with Crippen LogP contribution in [0.25, 0.3) is 0 Å². The minimum atomic E-state index is -0.692. The number of piperidine rings is 1. The van der Waals surface area contributed by atoms with Gasteiger partial charge in [-0.1, -0.05) is 6.08 Å². The maximum Gasteiger partial charge on any atom is 0.306 e. The summed E-state index contributed by atoms with van der Waals surface area (Å²) in [7, 11) is 1.55. The lowest BCUT2D eigenvalue weighted by atomic mass is 9.97. The van der Waals surface area contributed by atoms with Crippen molar-refractivity contribution < 1.29 is 19.4 Å². The molecule has 0 aliphatic carbocycles. The first-order valence-electron chi connectivity index (χ1n) is 8.21. The lowest BCUT2D eigenvalue weighted by Crippen LogP contribution is -2.42. The van der Waals surface area contributed by atoms with Gasteiger partial charge in [-0.05, 0) is 38.8 Å². The molecule has 0 aromatic carbocycles. The van der Waals surface area contributed by atoms with Crippen LogP contribution in [0.15, 0.2) is 25.0 Å².